The van der Waals surface area contributed by atoms with E-state index in [4.69, 9.17) is 0 Å². The molecular formula is C40H62N8O6S. The Morgan fingerprint density at radius 2 is 1.11 bits per heavy atom. The van der Waals surface area contributed by atoms with Gasteiger partial charge in [-0.15, -0.1) is 11.8 Å². The summed E-state index contributed by atoms with van der Waals surface area (Å²) >= 11 is 1.50. The third kappa shape index (κ3) is 11.2. The molecule has 0 radical (unpaired) electrons. The molecule has 0 aliphatic carbocycles. The molecule has 1 aromatic heterocycles. The smallest absolute Gasteiger partial charge is 0.243 e. The number of thioether (sulfide) groups is 1. The SMILES string of the molecule is CC(C)CC1NC(=O)[C@H](Cc2c[nH]c3ccccc23)NC(=O)C(C(C)C)NC(=O)[C@@H]2CSC(N2)C(C(C)C)NC(=O)C(C(C)C)NC(=O)C(C(C)C)NC1=O. The topological polar surface area (TPSA) is 202 Å². The molecule has 8 N–H and O–H groups in total. The molecule has 55 heavy (non-hydrogen) atoms. The zero-order chi connectivity index (χ0) is 40.7. The van der Waals surface area contributed by atoms with Crippen molar-refractivity contribution in [2.75, 3.05) is 5.75 Å². The molecule has 6 amide bonds. The van der Waals surface area contributed by atoms with Crippen molar-refractivity contribution < 1.29 is 28.8 Å². The maximum absolute atomic E-state index is 14.3. The Labute approximate surface area is 329 Å². The van der Waals surface area contributed by atoms with Crippen LogP contribution in [0.5, 0.6) is 0 Å². The van der Waals surface area contributed by atoms with Gasteiger partial charge in [0.25, 0.3) is 0 Å². The number of hydrogen-bond donors (Lipinski definition) is 8. The first-order valence-corrected chi connectivity index (χ1v) is 20.7. The van der Waals surface area contributed by atoms with Crippen LogP contribution in [0.2, 0.25) is 0 Å². The molecule has 14 nitrogen and oxygen atoms in total. The van der Waals surface area contributed by atoms with E-state index in [9.17, 15) is 28.8 Å². The first kappa shape index (κ1) is 43.6. The van der Waals surface area contributed by atoms with Crippen LogP contribution in [-0.2, 0) is 35.2 Å². The molecule has 3 heterocycles. The van der Waals surface area contributed by atoms with Crippen LogP contribution in [0.1, 0.15) is 81.2 Å². The second-order valence-corrected chi connectivity index (χ2v) is 17.9. The fourth-order valence-electron chi connectivity index (χ4n) is 7.02. The van der Waals surface area contributed by atoms with Gasteiger partial charge in [-0.3, -0.25) is 34.1 Å². The van der Waals surface area contributed by atoms with Crippen LogP contribution in [0, 0.1) is 29.6 Å². The molecule has 8 atom stereocenters. The van der Waals surface area contributed by atoms with Gasteiger partial charge in [0.1, 0.15) is 30.2 Å². The van der Waals surface area contributed by atoms with Gasteiger partial charge < -0.3 is 36.9 Å². The summed E-state index contributed by atoms with van der Waals surface area (Å²) < 4.78 is 0. The molecule has 304 valence electrons. The van der Waals surface area contributed by atoms with E-state index < -0.39 is 65.9 Å². The number of carbonyl (C=O) groups is 6. The van der Waals surface area contributed by atoms with Gasteiger partial charge in [0, 0.05) is 29.3 Å². The van der Waals surface area contributed by atoms with Crippen LogP contribution in [0.15, 0.2) is 30.5 Å². The van der Waals surface area contributed by atoms with E-state index in [1.54, 1.807) is 20.0 Å². The summed E-state index contributed by atoms with van der Waals surface area (Å²) in [5, 5.41) is 21.5. The fraction of sp³-hybridized carbons (Fsp3) is 0.650. The highest BCUT2D eigenvalue weighted by Crippen LogP contribution is 2.26. The molecule has 6 unspecified atom stereocenters. The van der Waals surface area contributed by atoms with E-state index in [1.165, 1.54) is 11.8 Å². The van der Waals surface area contributed by atoms with E-state index >= 15 is 0 Å². The van der Waals surface area contributed by atoms with E-state index in [2.05, 4.69) is 42.2 Å². The van der Waals surface area contributed by atoms with Crippen molar-refractivity contribution in [1.29, 1.82) is 0 Å². The third-order valence-electron chi connectivity index (χ3n) is 10.3. The second kappa shape index (κ2) is 19.2. The quantitative estimate of drug-likeness (QED) is 0.199. The number of aromatic amines is 1. The van der Waals surface area contributed by atoms with Gasteiger partial charge in [0.15, 0.2) is 0 Å². The maximum atomic E-state index is 14.3. The number of carbonyl (C=O) groups excluding carboxylic acids is 6. The summed E-state index contributed by atoms with van der Waals surface area (Å²) in [5.41, 5.74) is 1.65. The number of benzene rings is 1. The summed E-state index contributed by atoms with van der Waals surface area (Å²) in [6.45, 7) is 18.7. The number of aromatic nitrogens is 1. The molecule has 2 saturated heterocycles. The Balaban J connectivity index is 1.76. The number of rotatable bonds is 8. The van der Waals surface area contributed by atoms with Crippen LogP contribution in [0.3, 0.4) is 0 Å². The minimum absolute atomic E-state index is 0.0240. The van der Waals surface area contributed by atoms with Crippen LogP contribution in [0.4, 0.5) is 0 Å². The molecule has 4 rings (SSSR count). The highest BCUT2D eigenvalue weighted by atomic mass is 32.2. The zero-order valence-corrected chi connectivity index (χ0v) is 34.7. The van der Waals surface area contributed by atoms with E-state index in [1.807, 2.05) is 79.7 Å². The largest absolute Gasteiger partial charge is 0.361 e. The van der Waals surface area contributed by atoms with E-state index in [0.717, 1.165) is 16.5 Å². The van der Waals surface area contributed by atoms with Crippen molar-refractivity contribution in [3.63, 3.8) is 0 Å². The average Bonchev–Trinajstić information content (AvgIpc) is 3.76. The lowest BCUT2D eigenvalue weighted by atomic mass is 9.97. The Bertz CT molecular complexity index is 1690. The van der Waals surface area contributed by atoms with Crippen LogP contribution >= 0.6 is 11.8 Å². The van der Waals surface area contributed by atoms with Crippen molar-refractivity contribution >= 4 is 58.1 Å². The number of H-pyrrole nitrogens is 1. The lowest BCUT2D eigenvalue weighted by Crippen LogP contribution is -2.61. The van der Waals surface area contributed by atoms with Gasteiger partial charge in [-0.2, -0.15) is 0 Å². The highest BCUT2D eigenvalue weighted by molar-refractivity contribution is 8.00. The van der Waals surface area contributed by atoms with Gasteiger partial charge in [0.2, 0.25) is 35.4 Å². The molecular weight excluding hydrogens is 721 g/mol. The Morgan fingerprint density at radius 1 is 0.600 bits per heavy atom. The maximum Gasteiger partial charge on any atom is 0.243 e. The summed E-state index contributed by atoms with van der Waals surface area (Å²) in [4.78, 5) is 87.2. The standard InChI is InChI=1S/C40H62N8O6S/c1-19(2)15-27-35(50)45-31(21(5)6)38(53)47-32(22(7)8)39(54)48-33(23(9)10)40-44-29(18-55-40)36(51)46-30(20(3)4)37(52)43-28(34(49)42-27)16-24-17-41-26-14-12-11-13-25(24)26/h11-14,17,19-23,27-33,40-41,44H,15-16,18H2,1-10H3,(H,42,49)(H,43,52)(H,45,50)(H,46,51)(H,47,53)(H,48,54)/t27?,28-,29-,30?,31?,32?,33?,40?/m0/s1. The Kier molecular flexibility index (Phi) is 15.2. The van der Waals surface area contributed by atoms with Crippen LogP contribution in [-0.4, -0.2) is 93.8 Å². The molecule has 0 spiro atoms. The van der Waals surface area contributed by atoms with Crippen LogP contribution < -0.4 is 37.2 Å². The first-order chi connectivity index (χ1) is 25.9. The van der Waals surface area contributed by atoms with E-state index in [0.29, 0.717) is 5.75 Å². The van der Waals surface area contributed by atoms with E-state index in [-0.39, 0.29) is 59.6 Å². The summed E-state index contributed by atoms with van der Waals surface area (Å²) in [5.74, 6) is -3.58. The predicted molar refractivity (Wildman–Crippen MR) is 216 cm³/mol. The molecule has 0 saturated carbocycles. The van der Waals surface area contributed by atoms with Gasteiger partial charge in [-0.05, 0) is 47.6 Å². The van der Waals surface area contributed by atoms with Crippen molar-refractivity contribution in [1.82, 2.24) is 42.2 Å². The van der Waals surface area contributed by atoms with Crippen molar-refractivity contribution in [2.45, 2.75) is 130 Å². The second-order valence-electron chi connectivity index (χ2n) is 16.8. The third-order valence-corrected chi connectivity index (χ3v) is 11.6. The predicted octanol–water partition coefficient (Wildman–Crippen LogP) is 2.33. The minimum atomic E-state index is -1.12. The number of nitrogens with one attached hydrogen (secondary N) is 8. The number of hydrogen-bond acceptors (Lipinski definition) is 8. The van der Waals surface area contributed by atoms with Crippen molar-refractivity contribution in [3.05, 3.63) is 36.0 Å². The van der Waals surface area contributed by atoms with Gasteiger partial charge in [0.05, 0.1) is 17.5 Å². The van der Waals surface area contributed by atoms with Crippen LogP contribution in [0.25, 0.3) is 10.9 Å². The molecule has 2 bridgehead atoms. The summed E-state index contributed by atoms with van der Waals surface area (Å²) in [6, 6.07) is 1.52. The molecule has 2 aromatic rings. The van der Waals surface area contributed by atoms with Gasteiger partial charge >= 0.3 is 0 Å². The average molecular weight is 783 g/mol. The highest BCUT2D eigenvalue weighted by Gasteiger charge is 2.41. The monoisotopic (exact) mass is 782 g/mol. The number of para-hydroxylation sites is 1. The number of amides is 6. The first-order valence-electron chi connectivity index (χ1n) is 19.6. The molecule has 2 aliphatic heterocycles. The Morgan fingerprint density at radius 3 is 1.69 bits per heavy atom. The van der Waals surface area contributed by atoms with Gasteiger partial charge in [-0.25, -0.2) is 0 Å². The molecule has 15 heteroatoms. The molecule has 2 aliphatic rings. The number of fused-ring (bicyclic) bond motifs is 3. The van der Waals surface area contributed by atoms with Crippen molar-refractivity contribution in [3.8, 4) is 0 Å². The molecule has 2 fully saturated rings. The summed E-state index contributed by atoms with van der Waals surface area (Å²) in [7, 11) is 0. The lowest BCUT2D eigenvalue weighted by Gasteiger charge is -2.32. The fourth-order valence-corrected chi connectivity index (χ4v) is 8.52. The summed E-state index contributed by atoms with van der Waals surface area (Å²) in [6.07, 6.45) is 2.15. The minimum Gasteiger partial charge on any atom is -0.361 e. The van der Waals surface area contributed by atoms with Crippen molar-refractivity contribution in [2.24, 2.45) is 29.6 Å². The Hall–Kier alpha value is -4.11. The molecule has 1 aromatic carbocycles. The zero-order valence-electron chi connectivity index (χ0n) is 33.9. The lowest BCUT2D eigenvalue weighted by molar-refractivity contribution is -0.136. The normalized spacial score (nSPS) is 28.2. The van der Waals surface area contributed by atoms with Gasteiger partial charge in [-0.1, -0.05) is 87.4 Å².